The fourth-order valence-corrected chi connectivity index (χ4v) is 2.30. The van der Waals surface area contributed by atoms with E-state index in [0.29, 0.717) is 11.4 Å². The Bertz CT molecular complexity index is 686. The summed E-state index contributed by atoms with van der Waals surface area (Å²) in [5.74, 6) is -1.35. The number of carboxylic acids is 1. The number of carboxylic acid groups (broad SMARTS) is 1. The van der Waals surface area contributed by atoms with Gasteiger partial charge in [-0.25, -0.2) is 9.18 Å². The smallest absolute Gasteiger partial charge is 0.339 e. The van der Waals surface area contributed by atoms with Crippen LogP contribution in [0.3, 0.4) is 0 Å². The Morgan fingerprint density at radius 1 is 1.33 bits per heavy atom. The Labute approximate surface area is 122 Å². The molecule has 0 aliphatic rings. The van der Waals surface area contributed by atoms with Crippen LogP contribution in [0.2, 0.25) is 0 Å². The maximum absolute atomic E-state index is 13.3. The maximum Gasteiger partial charge on any atom is 0.339 e. The molecule has 1 atom stereocenters. The van der Waals surface area contributed by atoms with Crippen LogP contribution in [-0.2, 0) is 0 Å². The molecule has 0 bridgehead atoms. The number of pyridine rings is 1. The van der Waals surface area contributed by atoms with Crippen molar-refractivity contribution >= 4 is 11.7 Å². The van der Waals surface area contributed by atoms with E-state index in [-0.39, 0.29) is 17.4 Å². The quantitative estimate of drug-likeness (QED) is 0.900. The van der Waals surface area contributed by atoms with E-state index < -0.39 is 5.97 Å². The number of hydrogen-bond donors (Lipinski definition) is 2. The standard InChI is InChI=1S/C16H17FN2O2/c1-9-7-14(15(16(20)21)11(3)18-9)19-10(2)12-5-4-6-13(17)8-12/h4-8,10H,1-3H3,(H,18,19)(H,20,21). The van der Waals surface area contributed by atoms with Gasteiger partial charge < -0.3 is 10.4 Å². The molecule has 1 unspecified atom stereocenters. The molecule has 0 aliphatic carbocycles. The highest BCUT2D eigenvalue weighted by molar-refractivity contribution is 5.95. The molecule has 1 aromatic heterocycles. The number of anilines is 1. The van der Waals surface area contributed by atoms with Crippen LogP contribution in [0.1, 0.15) is 40.3 Å². The minimum Gasteiger partial charge on any atom is -0.478 e. The zero-order valence-electron chi connectivity index (χ0n) is 12.1. The fourth-order valence-electron chi connectivity index (χ4n) is 2.30. The summed E-state index contributed by atoms with van der Waals surface area (Å²) in [6.45, 7) is 5.32. The summed E-state index contributed by atoms with van der Waals surface area (Å²) in [6, 6.07) is 7.69. The highest BCUT2D eigenvalue weighted by Gasteiger charge is 2.17. The van der Waals surface area contributed by atoms with E-state index in [2.05, 4.69) is 10.3 Å². The number of nitrogens with one attached hydrogen (secondary N) is 1. The monoisotopic (exact) mass is 288 g/mol. The SMILES string of the molecule is Cc1cc(NC(C)c2cccc(F)c2)c(C(=O)O)c(C)n1. The van der Waals surface area contributed by atoms with Crippen LogP contribution in [0.15, 0.2) is 30.3 Å². The molecule has 0 aliphatic heterocycles. The number of halogens is 1. The average molecular weight is 288 g/mol. The number of hydrogen-bond acceptors (Lipinski definition) is 3. The molecule has 0 radical (unpaired) electrons. The second kappa shape index (κ2) is 5.91. The Morgan fingerprint density at radius 3 is 2.67 bits per heavy atom. The number of benzene rings is 1. The molecule has 4 nitrogen and oxygen atoms in total. The van der Waals surface area contributed by atoms with Crippen molar-refractivity contribution in [2.45, 2.75) is 26.8 Å². The van der Waals surface area contributed by atoms with Gasteiger partial charge in [0, 0.05) is 11.7 Å². The van der Waals surface area contributed by atoms with Gasteiger partial charge in [0.25, 0.3) is 0 Å². The van der Waals surface area contributed by atoms with Crippen LogP contribution in [-0.4, -0.2) is 16.1 Å². The van der Waals surface area contributed by atoms with Crippen molar-refractivity contribution < 1.29 is 14.3 Å². The van der Waals surface area contributed by atoms with Gasteiger partial charge in [-0.05, 0) is 44.5 Å². The van der Waals surface area contributed by atoms with Crippen LogP contribution < -0.4 is 5.32 Å². The first-order valence-electron chi connectivity index (χ1n) is 6.62. The highest BCUT2D eigenvalue weighted by atomic mass is 19.1. The van der Waals surface area contributed by atoms with Crippen LogP contribution in [0.4, 0.5) is 10.1 Å². The zero-order valence-corrected chi connectivity index (χ0v) is 12.1. The summed E-state index contributed by atoms with van der Waals surface area (Å²) in [7, 11) is 0. The van der Waals surface area contributed by atoms with E-state index in [4.69, 9.17) is 0 Å². The second-order valence-electron chi connectivity index (χ2n) is 5.00. The first-order valence-corrected chi connectivity index (χ1v) is 6.62. The average Bonchev–Trinajstić information content (AvgIpc) is 2.37. The predicted octanol–water partition coefficient (Wildman–Crippen LogP) is 3.71. The lowest BCUT2D eigenvalue weighted by molar-refractivity contribution is 0.0696. The molecule has 1 aromatic carbocycles. The Kier molecular flexibility index (Phi) is 4.21. The predicted molar refractivity (Wildman–Crippen MR) is 79.1 cm³/mol. The number of rotatable bonds is 4. The lowest BCUT2D eigenvalue weighted by Gasteiger charge is -2.18. The molecule has 1 heterocycles. The van der Waals surface area contributed by atoms with Gasteiger partial charge in [0.2, 0.25) is 0 Å². The van der Waals surface area contributed by atoms with Gasteiger partial charge in [-0.3, -0.25) is 4.98 Å². The molecule has 0 saturated carbocycles. The van der Waals surface area contributed by atoms with Crippen LogP contribution >= 0.6 is 0 Å². The first kappa shape index (κ1) is 15.0. The van der Waals surface area contributed by atoms with Crippen molar-refractivity contribution in [1.82, 2.24) is 4.98 Å². The number of aryl methyl sites for hydroxylation is 2. The minimum atomic E-state index is -1.03. The van der Waals surface area contributed by atoms with Gasteiger partial charge >= 0.3 is 5.97 Å². The third kappa shape index (κ3) is 3.37. The summed E-state index contributed by atoms with van der Waals surface area (Å²) in [6.07, 6.45) is 0. The Morgan fingerprint density at radius 2 is 2.05 bits per heavy atom. The van der Waals surface area contributed by atoms with Crippen LogP contribution in [0.25, 0.3) is 0 Å². The van der Waals surface area contributed by atoms with Crippen molar-refractivity contribution in [3.8, 4) is 0 Å². The van der Waals surface area contributed by atoms with Crippen molar-refractivity contribution in [3.63, 3.8) is 0 Å². The van der Waals surface area contributed by atoms with Gasteiger partial charge in [-0.15, -0.1) is 0 Å². The first-order chi connectivity index (χ1) is 9.88. The fraction of sp³-hybridized carbons (Fsp3) is 0.250. The summed E-state index contributed by atoms with van der Waals surface area (Å²) in [5.41, 5.74) is 2.56. The van der Waals surface area contributed by atoms with Crippen molar-refractivity contribution in [2.24, 2.45) is 0 Å². The number of aromatic nitrogens is 1. The lowest BCUT2D eigenvalue weighted by Crippen LogP contribution is -2.13. The molecule has 0 saturated heterocycles. The van der Waals surface area contributed by atoms with Gasteiger partial charge in [-0.1, -0.05) is 12.1 Å². The van der Waals surface area contributed by atoms with E-state index in [0.717, 1.165) is 11.3 Å². The molecule has 2 aromatic rings. The van der Waals surface area contributed by atoms with Gasteiger partial charge in [-0.2, -0.15) is 0 Å². The molecular formula is C16H17FN2O2. The van der Waals surface area contributed by atoms with E-state index in [9.17, 15) is 14.3 Å². The molecule has 0 amide bonds. The van der Waals surface area contributed by atoms with E-state index >= 15 is 0 Å². The number of carbonyl (C=O) groups is 1. The molecule has 110 valence electrons. The Hall–Kier alpha value is -2.43. The van der Waals surface area contributed by atoms with E-state index in [1.807, 2.05) is 6.92 Å². The lowest BCUT2D eigenvalue weighted by atomic mass is 10.1. The van der Waals surface area contributed by atoms with Gasteiger partial charge in [0.1, 0.15) is 11.4 Å². The van der Waals surface area contributed by atoms with Crippen molar-refractivity contribution in [2.75, 3.05) is 5.32 Å². The van der Waals surface area contributed by atoms with Gasteiger partial charge in [0.05, 0.1) is 11.4 Å². The third-order valence-electron chi connectivity index (χ3n) is 3.26. The molecule has 2 N–H and O–H groups in total. The third-order valence-corrected chi connectivity index (χ3v) is 3.26. The molecule has 0 spiro atoms. The maximum atomic E-state index is 13.3. The van der Waals surface area contributed by atoms with Crippen molar-refractivity contribution in [3.05, 3.63) is 58.7 Å². The van der Waals surface area contributed by atoms with Crippen LogP contribution in [0, 0.1) is 19.7 Å². The Balaban J connectivity index is 2.37. The molecule has 2 rings (SSSR count). The molecular weight excluding hydrogens is 271 g/mol. The molecule has 5 heteroatoms. The minimum absolute atomic E-state index is 0.142. The normalized spacial score (nSPS) is 12.0. The summed E-state index contributed by atoms with van der Waals surface area (Å²) >= 11 is 0. The molecule has 21 heavy (non-hydrogen) atoms. The van der Waals surface area contributed by atoms with E-state index in [1.54, 1.807) is 32.0 Å². The van der Waals surface area contributed by atoms with Crippen LogP contribution in [0.5, 0.6) is 0 Å². The number of aromatic carboxylic acids is 1. The van der Waals surface area contributed by atoms with Gasteiger partial charge in [0.15, 0.2) is 0 Å². The second-order valence-corrected chi connectivity index (χ2v) is 5.00. The summed E-state index contributed by atoms with van der Waals surface area (Å²) in [5, 5.41) is 12.5. The summed E-state index contributed by atoms with van der Waals surface area (Å²) in [4.78, 5) is 15.6. The van der Waals surface area contributed by atoms with E-state index in [1.165, 1.54) is 12.1 Å². The zero-order chi connectivity index (χ0) is 15.6. The topological polar surface area (TPSA) is 62.2 Å². The largest absolute Gasteiger partial charge is 0.478 e. The summed E-state index contributed by atoms with van der Waals surface area (Å²) < 4.78 is 13.3. The highest BCUT2D eigenvalue weighted by Crippen LogP contribution is 2.25. The number of nitrogens with zero attached hydrogens (tertiary/aromatic N) is 1. The van der Waals surface area contributed by atoms with Crippen molar-refractivity contribution in [1.29, 1.82) is 0 Å². The molecule has 0 fully saturated rings.